The summed E-state index contributed by atoms with van der Waals surface area (Å²) < 4.78 is 28.1. The van der Waals surface area contributed by atoms with E-state index in [9.17, 15) is 10.1 Å². The maximum atomic E-state index is 15.6. The normalized spacial score (nSPS) is 15.8. The summed E-state index contributed by atoms with van der Waals surface area (Å²) in [5, 5.41) is 18.4. The van der Waals surface area contributed by atoms with Crippen LogP contribution in [-0.2, 0) is 9.53 Å². The lowest BCUT2D eigenvalue weighted by molar-refractivity contribution is -0.128. The molecule has 1 unspecified atom stereocenters. The van der Waals surface area contributed by atoms with E-state index in [1.807, 2.05) is 32.0 Å². The molecule has 0 radical (unpaired) electrons. The fourth-order valence-electron chi connectivity index (χ4n) is 5.35. The Morgan fingerprint density at radius 2 is 2.02 bits per heavy atom. The number of carbonyl (C=O) groups excluding carboxylic acids is 1. The highest BCUT2D eigenvalue weighted by atomic mass is 19.1. The minimum Gasteiger partial charge on any atom is -0.457 e. The van der Waals surface area contributed by atoms with Gasteiger partial charge in [-0.15, -0.1) is 0 Å². The van der Waals surface area contributed by atoms with E-state index in [4.69, 9.17) is 20.3 Å². The van der Waals surface area contributed by atoms with Crippen molar-refractivity contribution in [2.24, 2.45) is 0 Å². The largest absolute Gasteiger partial charge is 0.457 e. The Bertz CT molecular complexity index is 1710. The fraction of sp³-hybridized carbons (Fsp3) is 0.344. The van der Waals surface area contributed by atoms with Crippen LogP contribution in [0.3, 0.4) is 0 Å². The molecule has 3 N–H and O–H groups in total. The molecule has 0 saturated carbocycles. The predicted octanol–water partition coefficient (Wildman–Crippen LogP) is 4.63. The zero-order valence-corrected chi connectivity index (χ0v) is 25.0. The van der Waals surface area contributed by atoms with Crippen molar-refractivity contribution in [3.63, 3.8) is 0 Å². The summed E-state index contributed by atoms with van der Waals surface area (Å²) >= 11 is 0. The number of ether oxygens (including phenoxy) is 2. The molecule has 2 aromatic carbocycles. The Labute approximate surface area is 255 Å². The molecule has 5 rings (SSSR count). The van der Waals surface area contributed by atoms with Gasteiger partial charge in [0, 0.05) is 43.9 Å². The minimum absolute atomic E-state index is 0.0537. The first-order valence-corrected chi connectivity index (χ1v) is 14.4. The number of amides is 1. The van der Waals surface area contributed by atoms with Crippen molar-refractivity contribution >= 4 is 22.8 Å². The number of benzene rings is 2. The summed E-state index contributed by atoms with van der Waals surface area (Å²) in [4.78, 5) is 23.8. The maximum Gasteiger partial charge on any atom is 0.264 e. The van der Waals surface area contributed by atoms with Crippen LogP contribution in [0.1, 0.15) is 32.7 Å². The first-order chi connectivity index (χ1) is 21.2. The van der Waals surface area contributed by atoms with Gasteiger partial charge < -0.3 is 25.4 Å². The number of fused-ring (bicyclic) bond motifs is 1. The van der Waals surface area contributed by atoms with E-state index < -0.39 is 11.4 Å². The number of nitriles is 1. The first-order valence-electron chi connectivity index (χ1n) is 14.4. The molecule has 228 valence electrons. The van der Waals surface area contributed by atoms with Crippen LogP contribution >= 0.6 is 0 Å². The van der Waals surface area contributed by atoms with Crippen molar-refractivity contribution in [1.29, 1.82) is 5.26 Å². The highest BCUT2D eigenvalue weighted by molar-refractivity contribution is 5.99. The van der Waals surface area contributed by atoms with Gasteiger partial charge in [-0.2, -0.15) is 10.4 Å². The van der Waals surface area contributed by atoms with Gasteiger partial charge in [0.1, 0.15) is 46.8 Å². The molecule has 0 aliphatic carbocycles. The van der Waals surface area contributed by atoms with Crippen LogP contribution in [0.5, 0.6) is 11.5 Å². The van der Waals surface area contributed by atoms with Crippen LogP contribution in [0.4, 0.5) is 10.2 Å². The number of likely N-dealkylation sites (tertiary alicyclic amines) is 1. The third kappa shape index (κ3) is 6.69. The van der Waals surface area contributed by atoms with Crippen molar-refractivity contribution in [2.75, 3.05) is 39.1 Å². The van der Waals surface area contributed by atoms with Crippen LogP contribution < -0.4 is 15.8 Å². The quantitative estimate of drug-likeness (QED) is 0.152. The number of halogens is 1. The fourth-order valence-corrected chi connectivity index (χ4v) is 5.35. The molecule has 4 aromatic rings. The van der Waals surface area contributed by atoms with E-state index in [0.29, 0.717) is 67.3 Å². The molecule has 1 atom stereocenters. The Hall–Kier alpha value is -4.86. The van der Waals surface area contributed by atoms with Gasteiger partial charge >= 0.3 is 0 Å². The Morgan fingerprint density at radius 1 is 1.23 bits per heavy atom. The third-order valence-electron chi connectivity index (χ3n) is 7.47. The third-order valence-corrected chi connectivity index (χ3v) is 7.47. The van der Waals surface area contributed by atoms with Gasteiger partial charge in [-0.25, -0.2) is 19.0 Å². The standard InChI is InChI=1S/C32H35FN8O3/c1-32(2,38-13-15-43-3)17-21(18-34)31(42)40-14-7-8-22(19-40)41-30-27(29(35)36-20-37-30)28(39-41)25-12-11-24(16-26(25)33)44-23-9-5-4-6-10-23/h4-6,9-12,16-17,20,22,38H,7-8,13-15,19H2,1-3H3,(H2,35,36,37). The number of carbonyl (C=O) groups is 1. The summed E-state index contributed by atoms with van der Waals surface area (Å²) in [5.74, 6) is 0.194. The number of hydrogen-bond acceptors (Lipinski definition) is 9. The van der Waals surface area contributed by atoms with Crippen LogP contribution in [0.15, 0.2) is 66.5 Å². The molecule has 3 heterocycles. The van der Waals surface area contributed by atoms with Gasteiger partial charge in [0.15, 0.2) is 5.65 Å². The minimum atomic E-state index is -0.596. The molecule has 1 saturated heterocycles. The number of nitrogen functional groups attached to an aromatic ring is 1. The summed E-state index contributed by atoms with van der Waals surface area (Å²) in [7, 11) is 1.61. The van der Waals surface area contributed by atoms with Crippen molar-refractivity contribution in [2.45, 2.75) is 38.3 Å². The zero-order valence-electron chi connectivity index (χ0n) is 25.0. The van der Waals surface area contributed by atoms with E-state index in [1.165, 1.54) is 12.4 Å². The molecular weight excluding hydrogens is 563 g/mol. The SMILES string of the molecule is COCCNC(C)(C)C=C(C#N)C(=O)N1CCCC(n2nc(-c3ccc(Oc4ccccc4)cc3F)c3c(N)ncnc32)C1. The van der Waals surface area contributed by atoms with Crippen molar-refractivity contribution < 1.29 is 18.7 Å². The molecule has 1 aliphatic rings. The summed E-state index contributed by atoms with van der Waals surface area (Å²) in [6.07, 6.45) is 4.37. The van der Waals surface area contributed by atoms with E-state index in [1.54, 1.807) is 47.0 Å². The monoisotopic (exact) mass is 598 g/mol. The van der Waals surface area contributed by atoms with Gasteiger partial charge in [0.2, 0.25) is 0 Å². The van der Waals surface area contributed by atoms with Gasteiger partial charge in [-0.05, 0) is 57.0 Å². The van der Waals surface area contributed by atoms with Crippen molar-refractivity contribution in [3.8, 4) is 28.8 Å². The Morgan fingerprint density at radius 3 is 2.75 bits per heavy atom. The molecular formula is C32H35FN8O3. The first kappa shape index (κ1) is 30.6. The lowest BCUT2D eigenvalue weighted by Crippen LogP contribution is -2.43. The van der Waals surface area contributed by atoms with Crippen LogP contribution in [0, 0.1) is 17.1 Å². The molecule has 2 aromatic heterocycles. The highest BCUT2D eigenvalue weighted by Gasteiger charge is 2.31. The highest BCUT2D eigenvalue weighted by Crippen LogP contribution is 2.36. The average molecular weight is 599 g/mol. The number of para-hydroxylation sites is 1. The number of nitrogens with zero attached hydrogens (tertiary/aromatic N) is 6. The van der Waals surface area contributed by atoms with Crippen molar-refractivity contribution in [3.05, 3.63) is 72.3 Å². The molecule has 1 fully saturated rings. The summed E-state index contributed by atoms with van der Waals surface area (Å²) in [6.45, 7) is 5.65. The molecule has 1 amide bonds. The number of nitrogens with one attached hydrogen (secondary N) is 1. The second-order valence-corrected chi connectivity index (χ2v) is 11.2. The smallest absolute Gasteiger partial charge is 0.264 e. The topological polar surface area (TPSA) is 144 Å². The van der Waals surface area contributed by atoms with Crippen molar-refractivity contribution in [1.82, 2.24) is 30.0 Å². The van der Waals surface area contributed by atoms with Gasteiger partial charge in [-0.3, -0.25) is 4.79 Å². The maximum absolute atomic E-state index is 15.6. The number of nitrogens with two attached hydrogens (primary N) is 1. The van der Waals surface area contributed by atoms with Crippen LogP contribution in [0.25, 0.3) is 22.3 Å². The zero-order chi connectivity index (χ0) is 31.3. The lowest BCUT2D eigenvalue weighted by atomic mass is 9.99. The molecule has 44 heavy (non-hydrogen) atoms. The molecule has 0 spiro atoms. The molecule has 1 aliphatic heterocycles. The average Bonchev–Trinajstić information content (AvgIpc) is 3.41. The predicted molar refractivity (Wildman–Crippen MR) is 164 cm³/mol. The van der Waals surface area contributed by atoms with Gasteiger partial charge in [-0.1, -0.05) is 18.2 Å². The number of aromatic nitrogens is 4. The van der Waals surface area contributed by atoms with Crippen LogP contribution in [-0.4, -0.2) is 69.4 Å². The summed E-state index contributed by atoms with van der Waals surface area (Å²) in [6, 6.07) is 15.5. The van der Waals surface area contributed by atoms with E-state index in [-0.39, 0.29) is 28.9 Å². The number of rotatable bonds is 10. The number of piperidine rings is 1. The Kier molecular flexibility index (Phi) is 9.18. The summed E-state index contributed by atoms with van der Waals surface area (Å²) in [5.41, 5.74) is 6.70. The second kappa shape index (κ2) is 13.2. The number of methoxy groups -OCH3 is 1. The van der Waals surface area contributed by atoms with Crippen LogP contribution in [0.2, 0.25) is 0 Å². The van der Waals surface area contributed by atoms with Gasteiger partial charge in [0.25, 0.3) is 5.91 Å². The molecule has 11 nitrogen and oxygen atoms in total. The van der Waals surface area contributed by atoms with Gasteiger partial charge in [0.05, 0.1) is 18.0 Å². The number of hydrogen-bond donors (Lipinski definition) is 2. The van der Waals surface area contributed by atoms with E-state index >= 15 is 4.39 Å². The second-order valence-electron chi connectivity index (χ2n) is 11.2. The molecule has 0 bridgehead atoms. The number of anilines is 1. The molecule has 12 heteroatoms. The van der Waals surface area contributed by atoms with E-state index in [2.05, 4.69) is 21.4 Å². The lowest BCUT2D eigenvalue weighted by Gasteiger charge is -2.33. The Balaban J connectivity index is 1.43. The van der Waals surface area contributed by atoms with E-state index in [0.717, 1.165) is 0 Å².